The Morgan fingerprint density at radius 1 is 1.19 bits per heavy atom. The third kappa shape index (κ3) is 4.92. The summed E-state index contributed by atoms with van der Waals surface area (Å²) in [7, 11) is 1.65. The average Bonchev–Trinajstić information content (AvgIpc) is 2.61. The van der Waals surface area contributed by atoms with Gasteiger partial charge >= 0.3 is 0 Å². The predicted octanol–water partition coefficient (Wildman–Crippen LogP) is 5.08. The van der Waals surface area contributed by atoms with Crippen LogP contribution in [0.25, 0.3) is 0 Å². The summed E-state index contributed by atoms with van der Waals surface area (Å²) in [6.07, 6.45) is 0.772. The molecule has 0 spiro atoms. The molecule has 5 heteroatoms. The third-order valence-corrected chi connectivity index (χ3v) is 4.52. The number of carbonyl (C=O) groups excluding carboxylic acids is 1. The van der Waals surface area contributed by atoms with Crippen LogP contribution in [0.1, 0.15) is 44.4 Å². The maximum absolute atomic E-state index is 12.8. The van der Waals surface area contributed by atoms with Crippen LogP contribution in [0.4, 0.5) is 0 Å². The van der Waals surface area contributed by atoms with Gasteiger partial charge in [0.1, 0.15) is 11.5 Å². The number of methoxy groups -OCH3 is 1. The molecule has 2 aromatic rings. The molecule has 2 aromatic carbocycles. The first-order chi connectivity index (χ1) is 12.3. The molecule has 0 aliphatic rings. The van der Waals surface area contributed by atoms with Crippen molar-refractivity contribution >= 4 is 17.5 Å². The highest BCUT2D eigenvalue weighted by atomic mass is 35.5. The summed E-state index contributed by atoms with van der Waals surface area (Å²) >= 11 is 5.89. The highest BCUT2D eigenvalue weighted by molar-refractivity contribution is 6.30. The number of aryl methyl sites for hydroxylation is 1. The molecule has 140 valence electrons. The molecule has 1 unspecified atom stereocenters. The van der Waals surface area contributed by atoms with Crippen LogP contribution in [0.2, 0.25) is 5.02 Å². The van der Waals surface area contributed by atoms with Crippen molar-refractivity contribution in [1.82, 2.24) is 5.32 Å². The van der Waals surface area contributed by atoms with E-state index in [1.54, 1.807) is 45.2 Å². The predicted molar refractivity (Wildman–Crippen MR) is 105 cm³/mol. The van der Waals surface area contributed by atoms with Crippen LogP contribution in [-0.4, -0.2) is 18.6 Å². The van der Waals surface area contributed by atoms with Crippen molar-refractivity contribution in [1.29, 1.82) is 0 Å². The topological polar surface area (TPSA) is 47.6 Å². The van der Waals surface area contributed by atoms with Crippen molar-refractivity contribution in [3.63, 3.8) is 0 Å². The lowest BCUT2D eigenvalue weighted by Gasteiger charge is -2.28. The van der Waals surface area contributed by atoms with E-state index in [4.69, 9.17) is 21.1 Å². The molecule has 0 aliphatic carbocycles. The maximum Gasteiger partial charge on any atom is 0.264 e. The minimum Gasteiger partial charge on any atom is -0.496 e. The normalized spacial score (nSPS) is 12.4. The van der Waals surface area contributed by atoms with Gasteiger partial charge in [-0.15, -0.1) is 0 Å². The minimum atomic E-state index is -1.01. The molecule has 0 aliphatic heterocycles. The quantitative estimate of drug-likeness (QED) is 0.733. The fourth-order valence-corrected chi connectivity index (χ4v) is 2.84. The van der Waals surface area contributed by atoms with Crippen LogP contribution in [0, 0.1) is 6.92 Å². The van der Waals surface area contributed by atoms with Gasteiger partial charge in [-0.1, -0.05) is 30.7 Å². The molecule has 2 rings (SSSR count). The van der Waals surface area contributed by atoms with E-state index < -0.39 is 5.60 Å². The second-order valence-electron chi connectivity index (χ2n) is 6.73. The Bertz CT molecular complexity index is 756. The smallest absolute Gasteiger partial charge is 0.264 e. The first-order valence-electron chi connectivity index (χ1n) is 8.67. The lowest BCUT2D eigenvalue weighted by Crippen LogP contribution is -2.47. The molecular weight excluding hydrogens is 350 g/mol. The molecule has 1 amide bonds. The van der Waals surface area contributed by atoms with Crippen molar-refractivity contribution in [2.75, 3.05) is 7.11 Å². The molecule has 26 heavy (non-hydrogen) atoms. The summed E-state index contributed by atoms with van der Waals surface area (Å²) < 4.78 is 11.2. The summed E-state index contributed by atoms with van der Waals surface area (Å²) in [6.45, 7) is 7.54. The molecular formula is C21H26ClNO3. The van der Waals surface area contributed by atoms with Gasteiger partial charge in [-0.25, -0.2) is 0 Å². The SMILES string of the molecule is CCC(NC(=O)C(C)(C)Oc1ccc(Cl)cc1)c1ccc(OC)c(C)c1. The number of rotatable bonds is 7. The van der Waals surface area contributed by atoms with E-state index in [1.165, 1.54) is 0 Å². The van der Waals surface area contributed by atoms with E-state index in [0.29, 0.717) is 10.8 Å². The van der Waals surface area contributed by atoms with Gasteiger partial charge in [-0.2, -0.15) is 0 Å². The third-order valence-electron chi connectivity index (χ3n) is 4.27. The molecule has 0 heterocycles. The van der Waals surface area contributed by atoms with Crippen LogP contribution in [0.5, 0.6) is 11.5 Å². The molecule has 1 N–H and O–H groups in total. The number of nitrogens with one attached hydrogen (secondary N) is 1. The van der Waals surface area contributed by atoms with Gasteiger partial charge in [0.25, 0.3) is 5.91 Å². The van der Waals surface area contributed by atoms with Gasteiger partial charge in [0, 0.05) is 5.02 Å². The summed E-state index contributed by atoms with van der Waals surface area (Å²) in [5, 5.41) is 3.71. The van der Waals surface area contributed by atoms with Crippen molar-refractivity contribution in [3.8, 4) is 11.5 Å². The Labute approximate surface area is 160 Å². The van der Waals surface area contributed by atoms with Crippen LogP contribution >= 0.6 is 11.6 Å². The first-order valence-corrected chi connectivity index (χ1v) is 9.04. The number of amides is 1. The van der Waals surface area contributed by atoms with Gasteiger partial charge in [-0.3, -0.25) is 4.79 Å². The number of halogens is 1. The van der Waals surface area contributed by atoms with Crippen LogP contribution < -0.4 is 14.8 Å². The van der Waals surface area contributed by atoms with Crippen LogP contribution in [0.15, 0.2) is 42.5 Å². The van der Waals surface area contributed by atoms with Crippen molar-refractivity contribution in [3.05, 3.63) is 58.6 Å². The lowest BCUT2D eigenvalue weighted by atomic mass is 10.00. The van der Waals surface area contributed by atoms with Crippen molar-refractivity contribution < 1.29 is 14.3 Å². The molecule has 1 atom stereocenters. The van der Waals surface area contributed by atoms with Gasteiger partial charge in [0.2, 0.25) is 0 Å². The van der Waals surface area contributed by atoms with E-state index in [9.17, 15) is 4.79 Å². The second-order valence-corrected chi connectivity index (χ2v) is 7.17. The maximum atomic E-state index is 12.8. The van der Waals surface area contributed by atoms with E-state index >= 15 is 0 Å². The molecule has 0 saturated heterocycles. The van der Waals surface area contributed by atoms with Gasteiger partial charge < -0.3 is 14.8 Å². The zero-order valence-electron chi connectivity index (χ0n) is 15.9. The first kappa shape index (κ1) is 20.1. The molecule has 0 radical (unpaired) electrons. The number of ether oxygens (including phenoxy) is 2. The highest BCUT2D eigenvalue weighted by Gasteiger charge is 2.31. The minimum absolute atomic E-state index is 0.0970. The standard InChI is InChI=1S/C21H26ClNO3/c1-6-18(15-7-12-19(25-5)14(2)13-15)23-20(24)21(3,4)26-17-10-8-16(22)9-11-17/h7-13,18H,6H2,1-5H3,(H,23,24). The van der Waals surface area contributed by atoms with Crippen LogP contribution in [0.3, 0.4) is 0 Å². The fraction of sp³-hybridized carbons (Fsp3) is 0.381. The van der Waals surface area contributed by atoms with Crippen LogP contribution in [-0.2, 0) is 4.79 Å². The van der Waals surface area contributed by atoms with Gasteiger partial charge in [-0.05, 0) is 68.7 Å². The Balaban J connectivity index is 2.11. The molecule has 0 bridgehead atoms. The monoisotopic (exact) mass is 375 g/mol. The fourth-order valence-electron chi connectivity index (χ4n) is 2.72. The zero-order chi connectivity index (χ0) is 19.3. The average molecular weight is 376 g/mol. The number of hydrogen-bond donors (Lipinski definition) is 1. The van der Waals surface area contributed by atoms with Crippen molar-refractivity contribution in [2.24, 2.45) is 0 Å². The van der Waals surface area contributed by atoms with Crippen molar-refractivity contribution in [2.45, 2.75) is 45.8 Å². The second kappa shape index (κ2) is 8.45. The van der Waals surface area contributed by atoms with E-state index in [0.717, 1.165) is 23.3 Å². The number of benzene rings is 2. The summed E-state index contributed by atoms with van der Waals surface area (Å²) in [5.74, 6) is 1.26. The van der Waals surface area contributed by atoms with Gasteiger partial charge in [0.05, 0.1) is 13.2 Å². The molecule has 0 saturated carbocycles. The zero-order valence-corrected chi connectivity index (χ0v) is 16.7. The van der Waals surface area contributed by atoms with E-state index in [-0.39, 0.29) is 11.9 Å². The summed E-state index contributed by atoms with van der Waals surface area (Å²) in [6, 6.07) is 12.8. The summed E-state index contributed by atoms with van der Waals surface area (Å²) in [4.78, 5) is 12.8. The Kier molecular flexibility index (Phi) is 6.54. The number of carbonyl (C=O) groups is 1. The largest absolute Gasteiger partial charge is 0.496 e. The Morgan fingerprint density at radius 2 is 1.85 bits per heavy atom. The van der Waals surface area contributed by atoms with E-state index in [1.807, 2.05) is 32.0 Å². The molecule has 4 nitrogen and oxygen atoms in total. The molecule has 0 aromatic heterocycles. The summed E-state index contributed by atoms with van der Waals surface area (Å²) in [5.41, 5.74) is 1.07. The number of hydrogen-bond acceptors (Lipinski definition) is 3. The van der Waals surface area contributed by atoms with Gasteiger partial charge in [0.15, 0.2) is 5.60 Å². The Morgan fingerprint density at radius 3 is 2.38 bits per heavy atom. The highest BCUT2D eigenvalue weighted by Crippen LogP contribution is 2.26. The van der Waals surface area contributed by atoms with E-state index in [2.05, 4.69) is 5.32 Å². The lowest BCUT2D eigenvalue weighted by molar-refractivity contribution is -0.135. The molecule has 0 fully saturated rings. The Hall–Kier alpha value is -2.20.